The number of halogens is 1. The van der Waals surface area contributed by atoms with Crippen molar-refractivity contribution in [3.63, 3.8) is 0 Å². The Morgan fingerprint density at radius 1 is 0.870 bits per heavy atom. The van der Waals surface area contributed by atoms with Gasteiger partial charge in [-0.2, -0.15) is 9.97 Å². The largest absolute Gasteiger partial charge is 0.468 e. The second kappa shape index (κ2) is 21.5. The van der Waals surface area contributed by atoms with Crippen molar-refractivity contribution in [1.29, 1.82) is 0 Å². The van der Waals surface area contributed by atoms with E-state index < -0.39 is 23.4 Å². The topological polar surface area (TPSA) is 179 Å². The zero-order valence-corrected chi connectivity index (χ0v) is 45.2. The fourth-order valence-corrected chi connectivity index (χ4v) is 12.9. The summed E-state index contributed by atoms with van der Waals surface area (Å²) in [6.45, 7) is 13.4. The van der Waals surface area contributed by atoms with Gasteiger partial charge in [-0.05, 0) is 144 Å². The number of aromatic nitrogens is 5. The van der Waals surface area contributed by atoms with E-state index in [2.05, 4.69) is 39.1 Å². The van der Waals surface area contributed by atoms with Crippen LogP contribution in [0.15, 0.2) is 59.5 Å². The van der Waals surface area contributed by atoms with Crippen LogP contribution in [0.2, 0.25) is 0 Å². The average Bonchev–Trinajstić information content (AvgIpc) is 3.88. The number of nitrogens with zero attached hydrogens (tertiary/aromatic N) is 9. The number of likely N-dealkylation sites (tertiary alicyclic amines) is 1. The number of benzene rings is 3. The van der Waals surface area contributed by atoms with Gasteiger partial charge in [0.25, 0.3) is 0 Å². The molecule has 3 amide bonds. The molecule has 0 spiro atoms. The van der Waals surface area contributed by atoms with Gasteiger partial charge >= 0.3 is 17.8 Å². The Morgan fingerprint density at radius 2 is 1.60 bits per heavy atom. The van der Waals surface area contributed by atoms with Gasteiger partial charge in [-0.25, -0.2) is 14.0 Å². The molecule has 3 aromatic heterocycles. The van der Waals surface area contributed by atoms with Gasteiger partial charge in [0, 0.05) is 65.1 Å². The van der Waals surface area contributed by atoms with Crippen molar-refractivity contribution in [2.45, 2.75) is 116 Å². The van der Waals surface area contributed by atoms with Gasteiger partial charge in [0.2, 0.25) is 11.8 Å². The lowest BCUT2D eigenvalue weighted by atomic mass is 9.82. The predicted octanol–water partition coefficient (Wildman–Crippen LogP) is 8.15. The number of carbonyl (C=O) groups excluding carboxylic acids is 3. The molecule has 408 valence electrons. The third-order valence-corrected chi connectivity index (χ3v) is 16.6. The van der Waals surface area contributed by atoms with Crippen LogP contribution in [0.4, 0.5) is 20.7 Å². The summed E-state index contributed by atoms with van der Waals surface area (Å²) in [5, 5.41) is 4.66. The highest BCUT2D eigenvalue weighted by atomic mass is 19.1. The van der Waals surface area contributed by atoms with E-state index in [9.17, 15) is 19.2 Å². The molecule has 11 rings (SSSR count). The Kier molecular flexibility index (Phi) is 14.6. The standard InChI is InChI=1S/C58H71FN10O8/c1-7-37-10-8-11-38-29-41(76-34-74-6)30-42(48(37)38)50-49(59)51-43(31-60-50)53(67-32-39-14-15-40(33-67)68(39)57(73)77-58(2,3)4)63-55(62-51)75-27-26-65-22-18-35(19-23-65)28-36-20-24-66(25-21-36)44-12-9-13-45-52(44)64(5)56(72)69(45)46-16-17-47(70)61-54(46)71/h8-13,29-31,35-36,39-40,46H,7,14-28,32-34H2,1-6H3,(H,61,70,71). The molecule has 8 heterocycles. The van der Waals surface area contributed by atoms with Gasteiger partial charge < -0.3 is 28.7 Å². The maximum Gasteiger partial charge on any atom is 0.410 e. The van der Waals surface area contributed by atoms with E-state index in [0.29, 0.717) is 72.5 Å². The van der Waals surface area contributed by atoms with Crippen molar-refractivity contribution < 1.29 is 37.7 Å². The lowest BCUT2D eigenvalue weighted by molar-refractivity contribution is -0.135. The number of imidazole rings is 1. The maximum atomic E-state index is 17.6. The number of pyridine rings is 1. The average molecular weight is 1060 g/mol. The van der Waals surface area contributed by atoms with Crippen molar-refractivity contribution >= 4 is 62.1 Å². The fourth-order valence-electron chi connectivity index (χ4n) is 12.9. The summed E-state index contributed by atoms with van der Waals surface area (Å²) in [4.78, 5) is 75.2. The molecule has 0 aliphatic carbocycles. The van der Waals surface area contributed by atoms with Crippen molar-refractivity contribution in [3.05, 3.63) is 76.6 Å². The minimum Gasteiger partial charge on any atom is -0.468 e. The van der Waals surface area contributed by atoms with Crippen molar-refractivity contribution in [3.8, 4) is 23.0 Å². The second-order valence-electron chi connectivity index (χ2n) is 22.7. The fraction of sp³-hybridized carbons (Fsp3) is 0.534. The molecule has 18 nitrogen and oxygen atoms in total. The molecule has 5 aliphatic heterocycles. The Bertz CT molecular complexity index is 3270. The lowest BCUT2D eigenvalue weighted by Crippen LogP contribution is -2.57. The van der Waals surface area contributed by atoms with Crippen molar-refractivity contribution in [2.24, 2.45) is 18.9 Å². The number of nitrogens with one attached hydrogen (secondary N) is 1. The number of fused-ring (bicyclic) bond motifs is 5. The zero-order valence-electron chi connectivity index (χ0n) is 45.2. The number of carbonyl (C=O) groups is 3. The molecule has 0 radical (unpaired) electrons. The van der Waals surface area contributed by atoms with Gasteiger partial charge in [-0.3, -0.25) is 38.8 Å². The number of para-hydroxylation sites is 1. The predicted molar refractivity (Wildman–Crippen MR) is 292 cm³/mol. The first-order valence-electron chi connectivity index (χ1n) is 27.6. The zero-order chi connectivity index (χ0) is 53.7. The highest BCUT2D eigenvalue weighted by Crippen LogP contribution is 2.41. The minimum atomic E-state index is -0.717. The molecule has 6 aromatic rings. The molecule has 77 heavy (non-hydrogen) atoms. The Morgan fingerprint density at radius 3 is 2.30 bits per heavy atom. The number of anilines is 2. The monoisotopic (exact) mass is 1050 g/mol. The lowest BCUT2D eigenvalue weighted by Gasteiger charge is -2.42. The van der Waals surface area contributed by atoms with Crippen LogP contribution in [0.3, 0.4) is 0 Å². The van der Waals surface area contributed by atoms with E-state index in [4.69, 9.17) is 33.9 Å². The van der Waals surface area contributed by atoms with Crippen LogP contribution < -0.4 is 30.3 Å². The SMILES string of the molecule is CCc1cccc2cc(OCOC)cc(-c3ncc4c(N5CC6CCC(C5)N6C(=O)OC(C)(C)C)nc(OCCN5CCC(CC6CCN(c7cccc8c7n(C)c(=O)n8C7CCC(=O)NC7=O)CC6)CC5)nc4c3F)c12. The van der Waals surface area contributed by atoms with E-state index in [1.54, 1.807) is 29.5 Å². The van der Waals surface area contributed by atoms with E-state index in [1.807, 2.05) is 62.1 Å². The number of rotatable bonds is 14. The van der Waals surface area contributed by atoms with E-state index in [-0.39, 0.29) is 60.2 Å². The first-order chi connectivity index (χ1) is 37.2. The Balaban J connectivity index is 0.769. The van der Waals surface area contributed by atoms with E-state index in [1.165, 1.54) is 6.42 Å². The summed E-state index contributed by atoms with van der Waals surface area (Å²) in [6.07, 6.45) is 9.72. The van der Waals surface area contributed by atoms with Crippen molar-refractivity contribution in [1.82, 2.24) is 39.2 Å². The Labute approximate surface area is 447 Å². The number of aryl methyl sites for hydroxylation is 2. The van der Waals surface area contributed by atoms with Gasteiger partial charge in [-0.15, -0.1) is 0 Å². The highest BCUT2D eigenvalue weighted by Gasteiger charge is 2.45. The summed E-state index contributed by atoms with van der Waals surface area (Å²) >= 11 is 0. The van der Waals surface area contributed by atoms with Crippen LogP contribution in [0.1, 0.15) is 97.1 Å². The molecule has 5 fully saturated rings. The van der Waals surface area contributed by atoms with Gasteiger partial charge in [0.15, 0.2) is 12.6 Å². The first kappa shape index (κ1) is 52.2. The number of amides is 3. The van der Waals surface area contributed by atoms with Gasteiger partial charge in [0.05, 0.1) is 34.2 Å². The first-order valence-corrected chi connectivity index (χ1v) is 27.6. The summed E-state index contributed by atoms with van der Waals surface area (Å²) < 4.78 is 44.2. The van der Waals surface area contributed by atoms with Crippen molar-refractivity contribution in [2.75, 3.05) is 76.1 Å². The smallest absolute Gasteiger partial charge is 0.410 e. The second-order valence-corrected chi connectivity index (χ2v) is 22.7. The molecule has 3 aromatic carbocycles. The molecule has 0 saturated carbocycles. The molecule has 5 saturated heterocycles. The maximum absolute atomic E-state index is 17.6. The summed E-state index contributed by atoms with van der Waals surface area (Å²) in [6, 6.07) is 14.9. The third kappa shape index (κ3) is 10.4. The van der Waals surface area contributed by atoms with Crippen LogP contribution in [0.25, 0.3) is 44.0 Å². The van der Waals surface area contributed by atoms with Crippen LogP contribution in [-0.4, -0.2) is 136 Å². The number of piperazine rings is 1. The molecule has 5 aliphatic rings. The van der Waals surface area contributed by atoms with E-state index in [0.717, 1.165) is 98.7 Å². The summed E-state index contributed by atoms with van der Waals surface area (Å²) in [7, 11) is 3.32. The van der Waals surface area contributed by atoms with Crippen LogP contribution in [0.5, 0.6) is 11.8 Å². The summed E-state index contributed by atoms with van der Waals surface area (Å²) in [5.74, 6) is 0.967. The van der Waals surface area contributed by atoms with Crippen LogP contribution in [-0.2, 0) is 32.5 Å². The molecule has 3 atom stereocenters. The highest BCUT2D eigenvalue weighted by molar-refractivity contribution is 6.02. The molecule has 3 unspecified atom stereocenters. The number of hydrogen-bond acceptors (Lipinski definition) is 14. The number of imide groups is 1. The molecular formula is C58H71FN10O8. The normalized spacial score (nSPS) is 20.9. The summed E-state index contributed by atoms with van der Waals surface area (Å²) in [5.41, 5.74) is 3.55. The van der Waals surface area contributed by atoms with Gasteiger partial charge in [0.1, 0.15) is 41.0 Å². The number of hydrogen-bond donors (Lipinski definition) is 1. The minimum absolute atomic E-state index is 0.0325. The molecular weight excluding hydrogens is 984 g/mol. The number of piperidine rings is 3. The van der Waals surface area contributed by atoms with Crippen LogP contribution in [0, 0.1) is 17.7 Å². The molecule has 2 bridgehead atoms. The number of methoxy groups -OCH3 is 1. The Hall–Kier alpha value is -6.86. The van der Waals surface area contributed by atoms with Gasteiger partial charge in [-0.1, -0.05) is 31.2 Å². The quantitative estimate of drug-likeness (QED) is 0.0816. The third-order valence-electron chi connectivity index (χ3n) is 16.6. The molecule has 1 N–H and O–H groups in total. The number of ether oxygens (including phenoxy) is 4. The molecule has 19 heteroatoms. The van der Waals surface area contributed by atoms with E-state index >= 15 is 4.39 Å². The van der Waals surface area contributed by atoms with Crippen LogP contribution >= 0.6 is 0 Å².